The monoisotopic (exact) mass is 328 g/mol. The molecule has 1 heterocycles. The van der Waals surface area contributed by atoms with Crippen LogP contribution >= 0.6 is 11.3 Å². The minimum atomic E-state index is 0.169. The standard InChI is InChI=1S/C19H24N2OS/c20-11-16-14-5-3-1-2-4-6-17(14)23-19(16)21-18(22)15-10-12-7-8-13(15)9-12/h12-13,15H,1-10H2,(H,21,22)/t12-,13-,15-/m0/s1. The first-order chi connectivity index (χ1) is 11.3. The summed E-state index contributed by atoms with van der Waals surface area (Å²) in [6, 6.07) is 2.38. The van der Waals surface area contributed by atoms with Gasteiger partial charge in [-0.05, 0) is 62.3 Å². The SMILES string of the molecule is N#Cc1c(NC(=O)[C@H]2C[C@H]3CC[C@H]2C3)sc2c1CCCCCC2. The van der Waals surface area contributed by atoms with Gasteiger partial charge in [0.2, 0.25) is 5.91 Å². The maximum atomic E-state index is 12.7. The predicted octanol–water partition coefficient (Wildman–Crippen LogP) is 4.65. The molecule has 2 saturated carbocycles. The van der Waals surface area contributed by atoms with E-state index in [9.17, 15) is 10.1 Å². The van der Waals surface area contributed by atoms with E-state index in [4.69, 9.17) is 0 Å². The number of nitriles is 1. The molecular formula is C19H24N2OS. The number of fused-ring (bicyclic) bond motifs is 3. The van der Waals surface area contributed by atoms with Gasteiger partial charge in [-0.15, -0.1) is 11.3 Å². The summed E-state index contributed by atoms with van der Waals surface area (Å²) in [7, 11) is 0. The molecule has 3 aliphatic carbocycles. The van der Waals surface area contributed by atoms with Gasteiger partial charge in [0.15, 0.2) is 0 Å². The van der Waals surface area contributed by atoms with Crippen LogP contribution in [0.25, 0.3) is 0 Å². The molecule has 1 amide bonds. The van der Waals surface area contributed by atoms with Crippen LogP contribution in [0.5, 0.6) is 0 Å². The van der Waals surface area contributed by atoms with E-state index in [1.165, 1.54) is 49.0 Å². The smallest absolute Gasteiger partial charge is 0.228 e. The van der Waals surface area contributed by atoms with Crippen LogP contribution in [-0.4, -0.2) is 5.91 Å². The third-order valence-corrected chi connectivity index (χ3v) is 7.30. The van der Waals surface area contributed by atoms with Crippen LogP contribution in [-0.2, 0) is 17.6 Å². The van der Waals surface area contributed by atoms with Gasteiger partial charge >= 0.3 is 0 Å². The third kappa shape index (κ3) is 2.80. The second-order valence-electron chi connectivity index (χ2n) is 7.50. The Labute approximate surface area is 142 Å². The fraction of sp³-hybridized carbons (Fsp3) is 0.684. The number of nitrogens with one attached hydrogen (secondary N) is 1. The zero-order chi connectivity index (χ0) is 15.8. The molecule has 0 saturated heterocycles. The van der Waals surface area contributed by atoms with E-state index in [2.05, 4.69) is 11.4 Å². The first-order valence-corrected chi connectivity index (χ1v) is 9.93. The molecule has 1 N–H and O–H groups in total. The number of hydrogen-bond donors (Lipinski definition) is 1. The normalized spacial score (nSPS) is 29.4. The summed E-state index contributed by atoms with van der Waals surface area (Å²) in [5.74, 6) is 1.72. The molecule has 4 rings (SSSR count). The van der Waals surface area contributed by atoms with Gasteiger partial charge in [-0.3, -0.25) is 4.79 Å². The lowest BCUT2D eigenvalue weighted by atomic mass is 9.88. The Kier molecular flexibility index (Phi) is 4.15. The Morgan fingerprint density at radius 1 is 1.13 bits per heavy atom. The first-order valence-electron chi connectivity index (χ1n) is 9.11. The number of carbonyl (C=O) groups is 1. The lowest BCUT2D eigenvalue weighted by Crippen LogP contribution is -2.27. The van der Waals surface area contributed by atoms with Crippen molar-refractivity contribution in [1.82, 2.24) is 0 Å². The Bertz CT molecular complexity index is 657. The van der Waals surface area contributed by atoms with E-state index in [0.29, 0.717) is 5.92 Å². The van der Waals surface area contributed by atoms with Crippen molar-refractivity contribution in [2.75, 3.05) is 5.32 Å². The third-order valence-electron chi connectivity index (χ3n) is 6.09. The van der Waals surface area contributed by atoms with Gasteiger partial charge in [0, 0.05) is 10.8 Å². The molecule has 3 aliphatic rings. The number of carbonyl (C=O) groups excluding carboxylic acids is 1. The number of hydrogen-bond acceptors (Lipinski definition) is 3. The molecule has 2 fully saturated rings. The van der Waals surface area contributed by atoms with Gasteiger partial charge in [-0.25, -0.2) is 0 Å². The molecular weight excluding hydrogens is 304 g/mol. The van der Waals surface area contributed by atoms with Gasteiger partial charge in [0.1, 0.15) is 11.1 Å². The van der Waals surface area contributed by atoms with E-state index < -0.39 is 0 Å². The van der Waals surface area contributed by atoms with Gasteiger partial charge < -0.3 is 5.32 Å². The molecule has 23 heavy (non-hydrogen) atoms. The summed E-state index contributed by atoms with van der Waals surface area (Å²) < 4.78 is 0. The van der Waals surface area contributed by atoms with Crippen LogP contribution in [0.4, 0.5) is 5.00 Å². The van der Waals surface area contributed by atoms with Crippen LogP contribution in [0, 0.1) is 29.1 Å². The molecule has 0 spiro atoms. The maximum absolute atomic E-state index is 12.7. The maximum Gasteiger partial charge on any atom is 0.228 e. The Morgan fingerprint density at radius 3 is 2.65 bits per heavy atom. The summed E-state index contributed by atoms with van der Waals surface area (Å²) in [5, 5.41) is 13.6. The van der Waals surface area contributed by atoms with Crippen LogP contribution in [0.15, 0.2) is 0 Å². The zero-order valence-electron chi connectivity index (χ0n) is 13.6. The topological polar surface area (TPSA) is 52.9 Å². The lowest BCUT2D eigenvalue weighted by molar-refractivity contribution is -0.121. The van der Waals surface area contributed by atoms with E-state index in [1.54, 1.807) is 11.3 Å². The molecule has 3 nitrogen and oxygen atoms in total. The Balaban J connectivity index is 1.55. The highest BCUT2D eigenvalue weighted by Crippen LogP contribution is 2.49. The van der Waals surface area contributed by atoms with Crippen molar-refractivity contribution in [3.63, 3.8) is 0 Å². The highest BCUT2D eigenvalue weighted by Gasteiger charge is 2.43. The zero-order valence-corrected chi connectivity index (χ0v) is 14.4. The van der Waals surface area contributed by atoms with Crippen molar-refractivity contribution < 1.29 is 4.79 Å². The van der Waals surface area contributed by atoms with Gasteiger partial charge in [0.05, 0.1) is 5.56 Å². The lowest BCUT2D eigenvalue weighted by Gasteiger charge is -2.20. The Morgan fingerprint density at radius 2 is 1.96 bits per heavy atom. The summed E-state index contributed by atoms with van der Waals surface area (Å²) in [6.07, 6.45) is 11.8. The number of anilines is 1. The first kappa shape index (κ1) is 15.2. The van der Waals surface area contributed by atoms with Crippen LogP contribution in [0.3, 0.4) is 0 Å². The molecule has 1 aromatic rings. The number of nitrogens with zero attached hydrogens (tertiary/aromatic N) is 1. The fourth-order valence-corrected chi connectivity index (χ4v) is 6.14. The molecule has 2 bridgehead atoms. The number of thiophene rings is 1. The van der Waals surface area contributed by atoms with E-state index >= 15 is 0 Å². The summed E-state index contributed by atoms with van der Waals surface area (Å²) in [5.41, 5.74) is 1.98. The largest absolute Gasteiger partial charge is 0.316 e. The fourth-order valence-electron chi connectivity index (χ4n) is 4.90. The number of aryl methyl sites for hydroxylation is 1. The van der Waals surface area contributed by atoms with Crippen LogP contribution in [0.1, 0.15) is 67.4 Å². The highest BCUT2D eigenvalue weighted by atomic mass is 32.1. The van der Waals surface area contributed by atoms with E-state index in [0.717, 1.165) is 42.2 Å². The average molecular weight is 328 g/mol. The van der Waals surface area contributed by atoms with Crippen molar-refractivity contribution in [3.8, 4) is 6.07 Å². The van der Waals surface area contributed by atoms with Crippen molar-refractivity contribution >= 4 is 22.2 Å². The van der Waals surface area contributed by atoms with Crippen molar-refractivity contribution in [1.29, 1.82) is 5.26 Å². The minimum Gasteiger partial charge on any atom is -0.316 e. The summed E-state index contributed by atoms with van der Waals surface area (Å²) in [4.78, 5) is 14.0. The molecule has 1 aromatic heterocycles. The molecule has 4 heteroatoms. The molecule has 3 atom stereocenters. The van der Waals surface area contributed by atoms with E-state index in [1.807, 2.05) is 0 Å². The molecule has 0 aromatic carbocycles. The van der Waals surface area contributed by atoms with Gasteiger partial charge in [-0.2, -0.15) is 5.26 Å². The van der Waals surface area contributed by atoms with Crippen LogP contribution < -0.4 is 5.32 Å². The van der Waals surface area contributed by atoms with Crippen LogP contribution in [0.2, 0.25) is 0 Å². The molecule has 0 aliphatic heterocycles. The predicted molar refractivity (Wildman–Crippen MR) is 92.5 cm³/mol. The Hall–Kier alpha value is -1.34. The summed E-state index contributed by atoms with van der Waals surface area (Å²) >= 11 is 1.66. The second-order valence-corrected chi connectivity index (χ2v) is 8.61. The van der Waals surface area contributed by atoms with Gasteiger partial charge in [-0.1, -0.05) is 19.3 Å². The van der Waals surface area contributed by atoms with Crippen molar-refractivity contribution in [2.45, 2.75) is 64.2 Å². The van der Waals surface area contributed by atoms with Crippen molar-refractivity contribution in [3.05, 3.63) is 16.0 Å². The minimum absolute atomic E-state index is 0.169. The average Bonchev–Trinajstić information content (AvgIpc) is 3.22. The van der Waals surface area contributed by atoms with Gasteiger partial charge in [0.25, 0.3) is 0 Å². The molecule has 0 unspecified atom stereocenters. The second kappa shape index (κ2) is 6.28. The molecule has 0 radical (unpaired) electrons. The molecule has 122 valence electrons. The summed E-state index contributed by atoms with van der Waals surface area (Å²) in [6.45, 7) is 0. The van der Waals surface area contributed by atoms with Crippen molar-refractivity contribution in [2.24, 2.45) is 17.8 Å². The quantitative estimate of drug-likeness (QED) is 0.859. The number of amides is 1. The highest BCUT2D eigenvalue weighted by molar-refractivity contribution is 7.16. The van der Waals surface area contributed by atoms with E-state index in [-0.39, 0.29) is 11.8 Å². The number of rotatable bonds is 2.